The molecule has 1 heterocycles. The summed E-state index contributed by atoms with van der Waals surface area (Å²) in [5.74, 6) is -1.57. The number of hydrogen-bond acceptors (Lipinski definition) is 3. The van der Waals surface area contributed by atoms with Gasteiger partial charge >= 0.3 is 6.18 Å². The molecular weight excluding hydrogens is 479 g/mol. The van der Waals surface area contributed by atoms with E-state index in [0.29, 0.717) is 23.9 Å². The van der Waals surface area contributed by atoms with Crippen molar-refractivity contribution < 1.29 is 27.6 Å². The zero-order chi connectivity index (χ0) is 26.2. The van der Waals surface area contributed by atoms with Crippen LogP contribution in [0.5, 0.6) is 5.75 Å². The molecule has 7 heteroatoms. The highest BCUT2D eigenvalue weighted by Crippen LogP contribution is 2.40. The molecule has 1 unspecified atom stereocenters. The van der Waals surface area contributed by atoms with Gasteiger partial charge in [0.1, 0.15) is 18.8 Å². The number of quaternary nitrogens is 1. The van der Waals surface area contributed by atoms with Gasteiger partial charge in [0.25, 0.3) is 0 Å². The van der Waals surface area contributed by atoms with Crippen LogP contribution in [0.25, 0.3) is 32.9 Å². The molecule has 1 atom stereocenters. The minimum atomic E-state index is -4.93. The normalized spacial score (nSPS) is 12.8. The van der Waals surface area contributed by atoms with Gasteiger partial charge in [-0.25, -0.2) is 0 Å². The Morgan fingerprint density at radius 2 is 1.54 bits per heavy atom. The van der Waals surface area contributed by atoms with Crippen LogP contribution >= 0.6 is 0 Å². The van der Waals surface area contributed by atoms with Gasteiger partial charge in [-0.1, -0.05) is 72.8 Å². The number of phenolic OH excluding ortho intramolecular Hbond substituents is 1. The lowest BCUT2D eigenvalue weighted by Crippen LogP contribution is -3.09. The summed E-state index contributed by atoms with van der Waals surface area (Å²) < 4.78 is 48.7. The minimum Gasteiger partial charge on any atom is -0.507 e. The molecule has 0 aliphatic heterocycles. The van der Waals surface area contributed by atoms with Crippen LogP contribution in [-0.2, 0) is 19.3 Å². The highest BCUT2D eigenvalue weighted by Gasteiger charge is 2.40. The van der Waals surface area contributed by atoms with Crippen LogP contribution in [0.1, 0.15) is 23.8 Å². The fourth-order valence-corrected chi connectivity index (χ4v) is 4.81. The SMILES string of the molecule is CC[NH+](Cc1ccccc1)Cc1c(O)ccc2c(=O)c(-c3cccc4ccccc34)c(C(F)(F)F)oc12. The van der Waals surface area contributed by atoms with Crippen molar-refractivity contribution in [1.29, 1.82) is 0 Å². The summed E-state index contributed by atoms with van der Waals surface area (Å²) in [4.78, 5) is 14.7. The first kappa shape index (κ1) is 24.6. The van der Waals surface area contributed by atoms with E-state index in [2.05, 4.69) is 0 Å². The van der Waals surface area contributed by atoms with Crippen LogP contribution in [0.4, 0.5) is 13.2 Å². The predicted molar refractivity (Wildman–Crippen MR) is 137 cm³/mol. The highest BCUT2D eigenvalue weighted by atomic mass is 19.4. The second-order valence-electron chi connectivity index (χ2n) is 9.04. The molecule has 188 valence electrons. The molecule has 0 aliphatic carbocycles. The summed E-state index contributed by atoms with van der Waals surface area (Å²) in [6.45, 7) is 3.38. The second kappa shape index (κ2) is 9.75. The molecule has 0 saturated heterocycles. The summed E-state index contributed by atoms with van der Waals surface area (Å²) in [6.07, 6.45) is -4.93. The Morgan fingerprint density at radius 3 is 2.27 bits per heavy atom. The molecule has 0 aliphatic rings. The van der Waals surface area contributed by atoms with E-state index in [1.165, 1.54) is 18.2 Å². The summed E-state index contributed by atoms with van der Waals surface area (Å²) in [5, 5.41) is 11.9. The molecule has 4 nitrogen and oxygen atoms in total. The molecular formula is C30H25F3NO3+. The standard InChI is InChI=1S/C30H24F3NO3/c1-2-34(17-19-9-4-3-5-10-19)18-24-25(35)16-15-23-27(36)26(29(30(31,32)33)37-28(23)24)22-14-8-12-20-11-6-7-13-21(20)22/h3-16,35H,2,17-18H2,1H3/p+1. The van der Waals surface area contributed by atoms with E-state index in [4.69, 9.17) is 4.42 Å². The second-order valence-corrected chi connectivity index (χ2v) is 9.04. The third-order valence-corrected chi connectivity index (χ3v) is 6.68. The van der Waals surface area contributed by atoms with Crippen molar-refractivity contribution >= 4 is 21.7 Å². The number of nitrogens with one attached hydrogen (secondary N) is 1. The Morgan fingerprint density at radius 1 is 0.838 bits per heavy atom. The predicted octanol–water partition coefficient (Wildman–Crippen LogP) is 5.94. The number of rotatable bonds is 6. The molecule has 37 heavy (non-hydrogen) atoms. The Balaban J connectivity index is 1.72. The first-order valence-electron chi connectivity index (χ1n) is 12.0. The van der Waals surface area contributed by atoms with Crippen LogP contribution in [-0.4, -0.2) is 11.7 Å². The Hall–Kier alpha value is -4.10. The van der Waals surface area contributed by atoms with Crippen molar-refractivity contribution in [2.45, 2.75) is 26.2 Å². The molecule has 4 aromatic carbocycles. The van der Waals surface area contributed by atoms with Gasteiger partial charge in [-0.15, -0.1) is 0 Å². The zero-order valence-corrected chi connectivity index (χ0v) is 20.1. The summed E-state index contributed by atoms with van der Waals surface area (Å²) >= 11 is 0. The van der Waals surface area contributed by atoms with E-state index < -0.39 is 22.9 Å². The van der Waals surface area contributed by atoms with Crippen molar-refractivity contribution in [3.05, 3.63) is 112 Å². The number of hydrogen-bond donors (Lipinski definition) is 2. The topological polar surface area (TPSA) is 54.9 Å². The fraction of sp³-hybridized carbons (Fsp3) is 0.167. The number of halogens is 3. The molecule has 5 rings (SSSR count). The summed E-state index contributed by atoms with van der Waals surface area (Å²) in [5.41, 5.74) is -0.169. The maximum Gasteiger partial charge on any atom is 0.450 e. The van der Waals surface area contributed by atoms with Crippen molar-refractivity contribution in [2.24, 2.45) is 0 Å². The lowest BCUT2D eigenvalue weighted by molar-refractivity contribution is -0.925. The maximum absolute atomic E-state index is 14.4. The first-order valence-corrected chi connectivity index (χ1v) is 12.0. The van der Waals surface area contributed by atoms with Gasteiger partial charge in [-0.05, 0) is 35.4 Å². The Kier molecular flexibility index (Phi) is 6.48. The summed E-state index contributed by atoms with van der Waals surface area (Å²) in [7, 11) is 0. The zero-order valence-electron chi connectivity index (χ0n) is 20.1. The van der Waals surface area contributed by atoms with Crippen molar-refractivity contribution in [3.8, 4) is 16.9 Å². The minimum absolute atomic E-state index is 0.00102. The van der Waals surface area contributed by atoms with E-state index in [1.54, 1.807) is 36.4 Å². The largest absolute Gasteiger partial charge is 0.507 e. The van der Waals surface area contributed by atoms with Crippen LogP contribution in [0.3, 0.4) is 0 Å². The van der Waals surface area contributed by atoms with E-state index >= 15 is 0 Å². The number of aromatic hydroxyl groups is 1. The molecule has 1 aromatic heterocycles. The molecule has 0 fully saturated rings. The van der Waals surface area contributed by atoms with E-state index in [0.717, 1.165) is 10.5 Å². The van der Waals surface area contributed by atoms with Gasteiger partial charge in [0, 0.05) is 5.56 Å². The molecule has 0 saturated carbocycles. The first-order chi connectivity index (χ1) is 17.8. The average Bonchev–Trinajstić information content (AvgIpc) is 2.89. The number of alkyl halides is 3. The van der Waals surface area contributed by atoms with Gasteiger partial charge in [0.2, 0.25) is 11.2 Å². The fourth-order valence-electron chi connectivity index (χ4n) is 4.81. The molecule has 0 spiro atoms. The number of benzene rings is 4. The number of phenols is 1. The Labute approximate surface area is 211 Å². The van der Waals surface area contributed by atoms with E-state index in [-0.39, 0.29) is 34.4 Å². The van der Waals surface area contributed by atoms with Crippen LogP contribution < -0.4 is 10.3 Å². The van der Waals surface area contributed by atoms with Gasteiger partial charge in [0.05, 0.1) is 23.1 Å². The lowest BCUT2D eigenvalue weighted by atomic mass is 9.95. The average molecular weight is 505 g/mol. The van der Waals surface area contributed by atoms with Crippen molar-refractivity contribution in [1.82, 2.24) is 0 Å². The molecule has 2 N–H and O–H groups in total. The lowest BCUT2D eigenvalue weighted by Gasteiger charge is -2.20. The number of fused-ring (bicyclic) bond motifs is 2. The van der Waals surface area contributed by atoms with Crippen LogP contribution in [0, 0.1) is 0 Å². The van der Waals surface area contributed by atoms with Gasteiger partial charge in [-0.3, -0.25) is 4.79 Å². The van der Waals surface area contributed by atoms with Crippen LogP contribution in [0.15, 0.2) is 94.1 Å². The van der Waals surface area contributed by atoms with Gasteiger partial charge < -0.3 is 14.4 Å². The van der Waals surface area contributed by atoms with Gasteiger partial charge in [0.15, 0.2) is 5.58 Å². The van der Waals surface area contributed by atoms with Crippen LogP contribution in [0.2, 0.25) is 0 Å². The maximum atomic E-state index is 14.4. The smallest absolute Gasteiger partial charge is 0.450 e. The monoisotopic (exact) mass is 504 g/mol. The summed E-state index contributed by atoms with van der Waals surface area (Å²) in [6, 6.07) is 24.2. The van der Waals surface area contributed by atoms with Crippen molar-refractivity contribution in [2.75, 3.05) is 6.54 Å². The highest BCUT2D eigenvalue weighted by molar-refractivity contribution is 5.99. The van der Waals surface area contributed by atoms with Crippen molar-refractivity contribution in [3.63, 3.8) is 0 Å². The molecule has 5 aromatic rings. The molecule has 0 bridgehead atoms. The Bertz CT molecular complexity index is 1640. The third-order valence-electron chi connectivity index (χ3n) is 6.68. The van der Waals surface area contributed by atoms with Gasteiger partial charge in [-0.2, -0.15) is 13.2 Å². The quantitative estimate of drug-likeness (QED) is 0.301. The van der Waals surface area contributed by atoms with E-state index in [9.17, 15) is 23.1 Å². The third kappa shape index (κ3) is 4.70. The van der Waals surface area contributed by atoms with E-state index in [1.807, 2.05) is 37.3 Å². The molecule has 0 amide bonds. The molecule has 0 radical (unpaired) electrons.